The molecule has 0 spiro atoms. The summed E-state index contributed by atoms with van der Waals surface area (Å²) in [6.45, 7) is 2.95. The summed E-state index contributed by atoms with van der Waals surface area (Å²) in [6, 6.07) is 7.99. The van der Waals surface area contributed by atoms with Crippen LogP contribution in [0, 0.1) is 0 Å². The van der Waals surface area contributed by atoms with Crippen LogP contribution in [0.5, 0.6) is 11.5 Å². The first kappa shape index (κ1) is 15.9. The topological polar surface area (TPSA) is 43.6 Å². The van der Waals surface area contributed by atoms with Crippen molar-refractivity contribution in [3.63, 3.8) is 0 Å². The van der Waals surface area contributed by atoms with E-state index in [1.807, 2.05) is 24.3 Å². The molecule has 0 saturated carbocycles. The van der Waals surface area contributed by atoms with Gasteiger partial charge in [-0.05, 0) is 52.7 Å². The molecule has 0 fully saturated rings. The number of hydrogen-bond donors (Lipinski definition) is 1. The minimum Gasteiger partial charge on any atom is -0.493 e. The van der Waals surface area contributed by atoms with Gasteiger partial charge in [0.2, 0.25) is 0 Å². The highest BCUT2D eigenvalue weighted by Crippen LogP contribution is 2.31. The molecular formula is C16H20BrNO3. The molecule has 0 aliphatic carbocycles. The van der Waals surface area contributed by atoms with Crippen LogP contribution in [0.4, 0.5) is 0 Å². The standard InChI is InChI=1S/C16H20BrNO3/c1-4-18-13(16-12(17)7-8-21-16)9-11-5-6-14(19-2)15(10-11)20-3/h5-8,10,13,18H,4,9H2,1-3H3. The Morgan fingerprint density at radius 1 is 1.19 bits per heavy atom. The molecule has 0 bridgehead atoms. The van der Waals surface area contributed by atoms with Gasteiger partial charge in [0.1, 0.15) is 5.76 Å². The van der Waals surface area contributed by atoms with Gasteiger partial charge in [0, 0.05) is 0 Å². The minimum absolute atomic E-state index is 0.109. The van der Waals surface area contributed by atoms with Gasteiger partial charge in [-0.2, -0.15) is 0 Å². The van der Waals surface area contributed by atoms with Gasteiger partial charge in [-0.15, -0.1) is 0 Å². The van der Waals surface area contributed by atoms with Gasteiger partial charge >= 0.3 is 0 Å². The van der Waals surface area contributed by atoms with Gasteiger partial charge in [-0.25, -0.2) is 0 Å². The summed E-state index contributed by atoms with van der Waals surface area (Å²) in [7, 11) is 3.28. The first-order chi connectivity index (χ1) is 10.2. The van der Waals surface area contributed by atoms with E-state index in [1.54, 1.807) is 20.5 Å². The summed E-state index contributed by atoms with van der Waals surface area (Å²) in [5, 5.41) is 3.44. The maximum atomic E-state index is 5.59. The number of likely N-dealkylation sites (N-methyl/N-ethyl adjacent to an activating group) is 1. The highest BCUT2D eigenvalue weighted by molar-refractivity contribution is 9.10. The van der Waals surface area contributed by atoms with Crippen molar-refractivity contribution >= 4 is 15.9 Å². The van der Waals surface area contributed by atoms with Gasteiger partial charge in [-0.3, -0.25) is 0 Å². The van der Waals surface area contributed by atoms with E-state index in [0.29, 0.717) is 0 Å². The lowest BCUT2D eigenvalue weighted by Gasteiger charge is -2.17. The summed E-state index contributed by atoms with van der Waals surface area (Å²) in [4.78, 5) is 0. The third kappa shape index (κ3) is 3.80. The molecule has 1 heterocycles. The lowest BCUT2D eigenvalue weighted by molar-refractivity contribution is 0.354. The zero-order chi connectivity index (χ0) is 15.2. The maximum absolute atomic E-state index is 5.59. The Bertz CT molecular complexity index is 583. The zero-order valence-corrected chi connectivity index (χ0v) is 14.1. The van der Waals surface area contributed by atoms with Crippen LogP contribution >= 0.6 is 15.9 Å². The quantitative estimate of drug-likeness (QED) is 0.818. The Morgan fingerprint density at radius 3 is 2.52 bits per heavy atom. The number of nitrogens with one attached hydrogen (secondary N) is 1. The van der Waals surface area contributed by atoms with E-state index in [4.69, 9.17) is 13.9 Å². The molecule has 4 nitrogen and oxygen atoms in total. The molecular weight excluding hydrogens is 334 g/mol. The third-order valence-electron chi connectivity index (χ3n) is 3.30. The van der Waals surface area contributed by atoms with Crippen LogP contribution < -0.4 is 14.8 Å². The van der Waals surface area contributed by atoms with E-state index in [-0.39, 0.29) is 6.04 Å². The fraction of sp³-hybridized carbons (Fsp3) is 0.375. The van der Waals surface area contributed by atoms with Crippen LogP contribution in [0.2, 0.25) is 0 Å². The third-order valence-corrected chi connectivity index (χ3v) is 3.95. The predicted molar refractivity (Wildman–Crippen MR) is 86.1 cm³/mol. The average molecular weight is 354 g/mol. The smallest absolute Gasteiger partial charge is 0.160 e. The molecule has 1 aromatic carbocycles. The Kier molecular flexibility index (Phi) is 5.70. The normalized spacial score (nSPS) is 12.2. The Hall–Kier alpha value is -1.46. The Morgan fingerprint density at radius 2 is 1.95 bits per heavy atom. The van der Waals surface area contributed by atoms with Crippen molar-refractivity contribution in [3.8, 4) is 11.5 Å². The van der Waals surface area contributed by atoms with Crippen molar-refractivity contribution in [2.45, 2.75) is 19.4 Å². The number of hydrogen-bond acceptors (Lipinski definition) is 4. The van der Waals surface area contributed by atoms with E-state index < -0.39 is 0 Å². The minimum atomic E-state index is 0.109. The fourth-order valence-corrected chi connectivity index (χ4v) is 2.78. The zero-order valence-electron chi connectivity index (χ0n) is 12.5. The Balaban J connectivity index is 2.23. The molecule has 1 atom stereocenters. The summed E-state index contributed by atoms with van der Waals surface area (Å²) in [6.07, 6.45) is 2.50. The Labute approximate surface area is 133 Å². The van der Waals surface area contributed by atoms with Crippen LogP contribution in [-0.2, 0) is 6.42 Å². The van der Waals surface area contributed by atoms with Crippen molar-refractivity contribution in [3.05, 3.63) is 46.3 Å². The fourth-order valence-electron chi connectivity index (χ4n) is 2.30. The van der Waals surface area contributed by atoms with Gasteiger partial charge in [0.15, 0.2) is 11.5 Å². The molecule has 0 saturated heterocycles. The van der Waals surface area contributed by atoms with Gasteiger partial charge < -0.3 is 19.2 Å². The summed E-state index contributed by atoms with van der Waals surface area (Å²) in [5.41, 5.74) is 1.15. The van der Waals surface area contributed by atoms with E-state index in [0.717, 1.165) is 40.3 Å². The number of benzene rings is 1. The second-order valence-corrected chi connectivity index (χ2v) is 5.49. The van der Waals surface area contributed by atoms with Crippen LogP contribution in [0.15, 0.2) is 39.4 Å². The number of halogens is 1. The molecule has 1 unspecified atom stereocenters. The first-order valence-electron chi connectivity index (χ1n) is 6.86. The predicted octanol–water partition coefficient (Wildman–Crippen LogP) is 3.95. The number of rotatable bonds is 7. The second kappa shape index (κ2) is 7.52. The molecule has 114 valence electrons. The molecule has 0 radical (unpaired) electrons. The number of ether oxygens (including phenoxy) is 2. The van der Waals surface area contributed by atoms with Crippen molar-refractivity contribution in [2.24, 2.45) is 0 Å². The highest BCUT2D eigenvalue weighted by atomic mass is 79.9. The largest absolute Gasteiger partial charge is 0.493 e. The summed E-state index contributed by atoms with van der Waals surface area (Å²) < 4.78 is 17.2. The van der Waals surface area contributed by atoms with Gasteiger partial charge in [-0.1, -0.05) is 13.0 Å². The van der Waals surface area contributed by atoms with E-state index in [9.17, 15) is 0 Å². The van der Waals surface area contributed by atoms with Crippen molar-refractivity contribution in [2.75, 3.05) is 20.8 Å². The molecule has 0 aliphatic rings. The van der Waals surface area contributed by atoms with Crippen LogP contribution in [0.25, 0.3) is 0 Å². The second-order valence-electron chi connectivity index (χ2n) is 4.64. The molecule has 1 aromatic heterocycles. The van der Waals surface area contributed by atoms with E-state index in [1.165, 1.54) is 0 Å². The summed E-state index contributed by atoms with van der Waals surface area (Å²) >= 11 is 3.52. The first-order valence-corrected chi connectivity index (χ1v) is 7.66. The van der Waals surface area contributed by atoms with Crippen LogP contribution in [-0.4, -0.2) is 20.8 Å². The van der Waals surface area contributed by atoms with E-state index >= 15 is 0 Å². The maximum Gasteiger partial charge on any atom is 0.160 e. The van der Waals surface area contributed by atoms with Crippen molar-refractivity contribution < 1.29 is 13.9 Å². The highest BCUT2D eigenvalue weighted by Gasteiger charge is 2.18. The monoisotopic (exact) mass is 353 g/mol. The molecule has 0 amide bonds. The molecule has 2 rings (SSSR count). The van der Waals surface area contributed by atoms with Crippen LogP contribution in [0.3, 0.4) is 0 Å². The lowest BCUT2D eigenvalue weighted by atomic mass is 10.0. The van der Waals surface area contributed by atoms with Crippen molar-refractivity contribution in [1.82, 2.24) is 5.32 Å². The lowest BCUT2D eigenvalue weighted by Crippen LogP contribution is -2.22. The summed E-state index contributed by atoms with van der Waals surface area (Å²) in [5.74, 6) is 2.39. The van der Waals surface area contributed by atoms with Gasteiger partial charge in [0.25, 0.3) is 0 Å². The van der Waals surface area contributed by atoms with Crippen molar-refractivity contribution in [1.29, 1.82) is 0 Å². The van der Waals surface area contributed by atoms with Gasteiger partial charge in [0.05, 0.1) is 31.0 Å². The van der Waals surface area contributed by atoms with Crippen LogP contribution in [0.1, 0.15) is 24.3 Å². The molecule has 2 aromatic rings. The number of methoxy groups -OCH3 is 2. The SMILES string of the molecule is CCNC(Cc1ccc(OC)c(OC)c1)c1occc1Br. The molecule has 21 heavy (non-hydrogen) atoms. The average Bonchev–Trinajstić information content (AvgIpc) is 2.92. The molecule has 1 N–H and O–H groups in total. The molecule has 0 aliphatic heterocycles. The molecule has 5 heteroatoms. The number of furan rings is 1. The van der Waals surface area contributed by atoms with E-state index in [2.05, 4.69) is 28.2 Å².